The molecule has 0 aliphatic carbocycles. The Hall–Kier alpha value is -1.81. The van der Waals surface area contributed by atoms with Crippen molar-refractivity contribution >= 4 is 0 Å². The number of likely N-dealkylation sites (tertiary alicyclic amines) is 1. The molecular formula is C18H23N3O. The maximum absolute atomic E-state index is 5.61. The van der Waals surface area contributed by atoms with Crippen LogP contribution in [0.3, 0.4) is 0 Å². The van der Waals surface area contributed by atoms with Gasteiger partial charge in [-0.2, -0.15) is 5.10 Å². The van der Waals surface area contributed by atoms with E-state index < -0.39 is 0 Å². The van der Waals surface area contributed by atoms with Gasteiger partial charge in [-0.05, 0) is 43.5 Å². The first-order chi connectivity index (χ1) is 10.7. The third kappa shape index (κ3) is 2.31. The lowest BCUT2D eigenvalue weighted by Crippen LogP contribution is -2.23. The van der Waals surface area contributed by atoms with Gasteiger partial charge in [0.15, 0.2) is 0 Å². The Balaban J connectivity index is 1.55. The second-order valence-electron chi connectivity index (χ2n) is 6.48. The molecule has 116 valence electrons. The van der Waals surface area contributed by atoms with Gasteiger partial charge in [0, 0.05) is 37.3 Å². The largest absolute Gasteiger partial charge is 0.493 e. The van der Waals surface area contributed by atoms with E-state index in [-0.39, 0.29) is 0 Å². The zero-order valence-electron chi connectivity index (χ0n) is 13.4. The van der Waals surface area contributed by atoms with Crippen molar-refractivity contribution < 1.29 is 4.74 Å². The summed E-state index contributed by atoms with van der Waals surface area (Å²) < 4.78 is 7.59. The minimum Gasteiger partial charge on any atom is -0.493 e. The molecular weight excluding hydrogens is 274 g/mol. The smallest absolute Gasteiger partial charge is 0.122 e. The minimum absolute atomic E-state index is 0.512. The van der Waals surface area contributed by atoms with E-state index in [2.05, 4.69) is 41.3 Å². The number of aryl methyl sites for hydroxylation is 1. The van der Waals surface area contributed by atoms with E-state index >= 15 is 0 Å². The predicted molar refractivity (Wildman–Crippen MR) is 86.0 cm³/mol. The summed E-state index contributed by atoms with van der Waals surface area (Å²) in [4.78, 5) is 2.60. The zero-order chi connectivity index (χ0) is 15.1. The molecule has 2 aromatic rings. The Morgan fingerprint density at radius 1 is 1.36 bits per heavy atom. The normalized spacial score (nSPS) is 21.1. The minimum atomic E-state index is 0.512. The van der Waals surface area contributed by atoms with Gasteiger partial charge in [0.25, 0.3) is 0 Å². The van der Waals surface area contributed by atoms with Crippen LogP contribution in [0.1, 0.15) is 41.3 Å². The molecule has 0 amide bonds. The van der Waals surface area contributed by atoms with Crippen LogP contribution in [0.4, 0.5) is 0 Å². The lowest BCUT2D eigenvalue weighted by Gasteiger charge is -2.24. The average molecular weight is 297 g/mol. The van der Waals surface area contributed by atoms with Crippen LogP contribution in [-0.2, 0) is 20.0 Å². The molecule has 2 aliphatic rings. The Morgan fingerprint density at radius 2 is 2.27 bits per heavy atom. The van der Waals surface area contributed by atoms with Crippen LogP contribution < -0.4 is 4.74 Å². The molecule has 0 spiro atoms. The summed E-state index contributed by atoms with van der Waals surface area (Å²) in [5.41, 5.74) is 5.45. The summed E-state index contributed by atoms with van der Waals surface area (Å²) >= 11 is 0. The highest BCUT2D eigenvalue weighted by Gasteiger charge is 2.28. The van der Waals surface area contributed by atoms with Crippen molar-refractivity contribution in [2.75, 3.05) is 13.2 Å². The molecule has 0 bridgehead atoms. The summed E-state index contributed by atoms with van der Waals surface area (Å²) in [6.45, 7) is 5.20. The standard InChI is InChI=1S/C18H23N3O/c1-13-16(11-19-20(13)2)17-4-3-8-21(17)12-14-5-6-18-15(10-14)7-9-22-18/h5-6,10-11,17H,3-4,7-9,12H2,1-2H3. The first-order valence-corrected chi connectivity index (χ1v) is 8.19. The first-order valence-electron chi connectivity index (χ1n) is 8.19. The number of ether oxygens (including phenoxy) is 1. The number of rotatable bonds is 3. The molecule has 4 nitrogen and oxygen atoms in total. The molecule has 0 saturated carbocycles. The molecule has 0 radical (unpaired) electrons. The Kier molecular flexibility index (Phi) is 3.41. The maximum atomic E-state index is 5.61. The second-order valence-corrected chi connectivity index (χ2v) is 6.48. The number of fused-ring (bicyclic) bond motifs is 1. The Labute approximate surface area is 131 Å². The lowest BCUT2D eigenvalue weighted by atomic mass is 10.0. The summed E-state index contributed by atoms with van der Waals surface area (Å²) in [6.07, 6.45) is 5.61. The number of hydrogen-bond donors (Lipinski definition) is 0. The van der Waals surface area contributed by atoms with E-state index in [0.29, 0.717) is 6.04 Å². The van der Waals surface area contributed by atoms with Crippen LogP contribution in [0.25, 0.3) is 0 Å². The van der Waals surface area contributed by atoms with Crippen LogP contribution in [-0.4, -0.2) is 27.8 Å². The van der Waals surface area contributed by atoms with Crippen LogP contribution in [0.15, 0.2) is 24.4 Å². The highest BCUT2D eigenvalue weighted by Crippen LogP contribution is 2.35. The van der Waals surface area contributed by atoms with Gasteiger partial charge >= 0.3 is 0 Å². The van der Waals surface area contributed by atoms with Gasteiger partial charge in [-0.3, -0.25) is 9.58 Å². The molecule has 1 saturated heterocycles. The molecule has 1 fully saturated rings. The zero-order valence-corrected chi connectivity index (χ0v) is 13.4. The van der Waals surface area contributed by atoms with Crippen molar-refractivity contribution in [2.45, 2.75) is 38.8 Å². The highest BCUT2D eigenvalue weighted by atomic mass is 16.5. The molecule has 4 rings (SSSR count). The van der Waals surface area contributed by atoms with Crippen molar-refractivity contribution in [2.24, 2.45) is 7.05 Å². The van der Waals surface area contributed by atoms with Crippen LogP contribution in [0, 0.1) is 6.92 Å². The maximum Gasteiger partial charge on any atom is 0.122 e. The van der Waals surface area contributed by atoms with Gasteiger partial charge in [-0.25, -0.2) is 0 Å². The second kappa shape index (κ2) is 5.43. The van der Waals surface area contributed by atoms with E-state index in [1.807, 2.05) is 11.7 Å². The van der Waals surface area contributed by atoms with E-state index in [1.54, 1.807) is 0 Å². The molecule has 0 N–H and O–H groups in total. The average Bonchev–Trinajstić information content (AvgIpc) is 3.22. The number of nitrogens with zero attached hydrogens (tertiary/aromatic N) is 3. The third-order valence-corrected chi connectivity index (χ3v) is 5.14. The van der Waals surface area contributed by atoms with Crippen molar-refractivity contribution in [1.29, 1.82) is 0 Å². The number of aromatic nitrogens is 2. The fourth-order valence-electron chi connectivity index (χ4n) is 3.78. The topological polar surface area (TPSA) is 30.3 Å². The van der Waals surface area contributed by atoms with Gasteiger partial charge in [-0.1, -0.05) is 12.1 Å². The Morgan fingerprint density at radius 3 is 3.09 bits per heavy atom. The van der Waals surface area contributed by atoms with Gasteiger partial charge in [0.1, 0.15) is 5.75 Å². The molecule has 3 heterocycles. The van der Waals surface area contributed by atoms with E-state index in [1.165, 1.54) is 41.8 Å². The molecule has 1 unspecified atom stereocenters. The molecule has 2 aliphatic heterocycles. The molecule has 1 aromatic carbocycles. The van der Waals surface area contributed by atoms with Crippen molar-refractivity contribution in [3.05, 3.63) is 46.8 Å². The van der Waals surface area contributed by atoms with Crippen LogP contribution in [0.2, 0.25) is 0 Å². The van der Waals surface area contributed by atoms with Crippen LogP contribution in [0.5, 0.6) is 5.75 Å². The Bertz CT molecular complexity index is 692. The van der Waals surface area contributed by atoms with Gasteiger partial charge in [0.05, 0.1) is 12.8 Å². The van der Waals surface area contributed by atoms with Gasteiger partial charge < -0.3 is 4.74 Å². The third-order valence-electron chi connectivity index (χ3n) is 5.14. The van der Waals surface area contributed by atoms with Crippen molar-refractivity contribution in [3.8, 4) is 5.75 Å². The summed E-state index contributed by atoms with van der Waals surface area (Å²) in [6, 6.07) is 7.19. The fourth-order valence-corrected chi connectivity index (χ4v) is 3.78. The highest BCUT2D eigenvalue weighted by molar-refractivity contribution is 5.40. The number of hydrogen-bond acceptors (Lipinski definition) is 3. The fraction of sp³-hybridized carbons (Fsp3) is 0.500. The van der Waals surface area contributed by atoms with Crippen molar-refractivity contribution in [1.82, 2.24) is 14.7 Å². The molecule has 4 heteroatoms. The van der Waals surface area contributed by atoms with E-state index in [9.17, 15) is 0 Å². The molecule has 1 aromatic heterocycles. The predicted octanol–water partition coefficient (Wildman–Crippen LogP) is 3.00. The lowest BCUT2D eigenvalue weighted by molar-refractivity contribution is 0.247. The molecule has 1 atom stereocenters. The van der Waals surface area contributed by atoms with Crippen molar-refractivity contribution in [3.63, 3.8) is 0 Å². The van der Waals surface area contributed by atoms with Gasteiger partial charge in [0.2, 0.25) is 0 Å². The summed E-state index contributed by atoms with van der Waals surface area (Å²) in [5.74, 6) is 1.07. The summed E-state index contributed by atoms with van der Waals surface area (Å²) in [5, 5.41) is 4.42. The van der Waals surface area contributed by atoms with Crippen LogP contribution >= 0.6 is 0 Å². The quantitative estimate of drug-likeness (QED) is 0.872. The first kappa shape index (κ1) is 13.8. The summed E-state index contributed by atoms with van der Waals surface area (Å²) in [7, 11) is 2.03. The monoisotopic (exact) mass is 297 g/mol. The van der Waals surface area contributed by atoms with E-state index in [0.717, 1.165) is 25.3 Å². The SMILES string of the molecule is Cc1c(C2CCCN2Cc2ccc3c(c2)CCO3)cnn1C. The van der Waals surface area contributed by atoms with Gasteiger partial charge in [-0.15, -0.1) is 0 Å². The van der Waals surface area contributed by atoms with E-state index in [4.69, 9.17) is 4.74 Å². The molecule has 22 heavy (non-hydrogen) atoms. The number of benzene rings is 1.